The van der Waals surface area contributed by atoms with Crippen LogP contribution in [0.4, 0.5) is 14.5 Å². The first-order valence-corrected chi connectivity index (χ1v) is 14.2. The number of hydrogen-bond donors (Lipinski definition) is 1. The predicted molar refractivity (Wildman–Crippen MR) is 142 cm³/mol. The lowest BCUT2D eigenvalue weighted by Crippen LogP contribution is -2.54. The molecule has 8 nitrogen and oxygen atoms in total. The first-order valence-electron chi connectivity index (χ1n) is 12.8. The van der Waals surface area contributed by atoms with E-state index in [0.29, 0.717) is 12.0 Å². The van der Waals surface area contributed by atoms with Crippen LogP contribution < -0.4 is 9.62 Å². The number of rotatable bonds is 11. The van der Waals surface area contributed by atoms with E-state index in [1.807, 2.05) is 0 Å². The van der Waals surface area contributed by atoms with Crippen LogP contribution >= 0.6 is 0 Å². The number of benzene rings is 2. The van der Waals surface area contributed by atoms with E-state index in [2.05, 4.69) is 5.32 Å². The van der Waals surface area contributed by atoms with Crippen molar-refractivity contribution in [1.82, 2.24) is 14.5 Å². The smallest absolute Gasteiger partial charge is 0.304 e. The maximum atomic E-state index is 13.8. The minimum absolute atomic E-state index is 0.0189. The van der Waals surface area contributed by atoms with Crippen LogP contribution in [-0.4, -0.2) is 62.2 Å². The Morgan fingerprint density at radius 1 is 0.947 bits per heavy atom. The normalized spacial score (nSPS) is 15.2. The fourth-order valence-electron chi connectivity index (χ4n) is 4.57. The van der Waals surface area contributed by atoms with Crippen LogP contribution in [0.3, 0.4) is 0 Å². The van der Waals surface area contributed by atoms with Crippen molar-refractivity contribution < 1.29 is 26.8 Å². The Balaban J connectivity index is 1.94. The molecule has 0 unspecified atom stereocenters. The quantitative estimate of drug-likeness (QED) is 0.461. The molecule has 0 spiro atoms. The third-order valence-electron chi connectivity index (χ3n) is 6.74. The van der Waals surface area contributed by atoms with E-state index in [9.17, 15) is 26.8 Å². The van der Waals surface area contributed by atoms with Crippen molar-refractivity contribution in [2.24, 2.45) is 0 Å². The molecule has 0 aromatic heterocycles. The average Bonchev–Trinajstić information content (AvgIpc) is 2.89. The molecule has 2 amide bonds. The third-order valence-corrected chi connectivity index (χ3v) is 8.56. The molecule has 2 aromatic carbocycles. The van der Waals surface area contributed by atoms with Crippen LogP contribution in [0, 0.1) is 11.6 Å². The summed E-state index contributed by atoms with van der Waals surface area (Å²) in [6, 6.07) is 9.52. The lowest BCUT2D eigenvalue weighted by atomic mass is 9.95. The number of anilines is 1. The number of nitrogens with zero attached hydrogens (tertiary/aromatic N) is 3. The lowest BCUT2D eigenvalue weighted by Gasteiger charge is -2.35. The predicted octanol–water partition coefficient (Wildman–Crippen LogP) is 3.83. The highest BCUT2D eigenvalue weighted by atomic mass is 32.2. The number of amides is 2. The van der Waals surface area contributed by atoms with Gasteiger partial charge in [-0.3, -0.25) is 9.59 Å². The second kappa shape index (κ2) is 13.1. The van der Waals surface area contributed by atoms with Gasteiger partial charge in [-0.2, -0.15) is 12.7 Å². The van der Waals surface area contributed by atoms with Gasteiger partial charge in [0.05, 0.1) is 5.69 Å². The van der Waals surface area contributed by atoms with Gasteiger partial charge < -0.3 is 10.2 Å². The average molecular weight is 551 g/mol. The Labute approximate surface area is 223 Å². The molecule has 0 saturated heterocycles. The standard InChI is InChI=1S/C27H36F2N4O4S/c1-4-25(27(35)30-23-8-6-5-7-9-23)32(18-20-10-12-21(28)13-11-20)26(34)19-33(38(36,37)31(2)3)24-16-14-22(29)15-17-24/h10-17,23,25H,4-9,18-19H2,1-3H3,(H,30,35)/t25-/m1/s1. The zero-order valence-corrected chi connectivity index (χ0v) is 22.9. The molecule has 0 bridgehead atoms. The van der Waals surface area contributed by atoms with Crippen molar-refractivity contribution in [3.63, 3.8) is 0 Å². The number of halogens is 2. The second-order valence-corrected chi connectivity index (χ2v) is 11.8. The van der Waals surface area contributed by atoms with Gasteiger partial charge in [0.25, 0.3) is 0 Å². The summed E-state index contributed by atoms with van der Waals surface area (Å²) < 4.78 is 55.3. The zero-order valence-electron chi connectivity index (χ0n) is 22.1. The molecule has 0 radical (unpaired) electrons. The molecule has 1 N–H and O–H groups in total. The molecule has 1 saturated carbocycles. The van der Waals surface area contributed by atoms with Gasteiger partial charge in [0.15, 0.2) is 0 Å². The summed E-state index contributed by atoms with van der Waals surface area (Å²) in [5, 5.41) is 3.07. The largest absolute Gasteiger partial charge is 0.352 e. The fraction of sp³-hybridized carbons (Fsp3) is 0.481. The highest BCUT2D eigenvalue weighted by Crippen LogP contribution is 2.23. The SMILES string of the molecule is CC[C@H](C(=O)NC1CCCCC1)N(Cc1ccc(F)cc1)C(=O)CN(c1ccc(F)cc1)S(=O)(=O)N(C)C. The topological polar surface area (TPSA) is 90.0 Å². The summed E-state index contributed by atoms with van der Waals surface area (Å²) >= 11 is 0. The van der Waals surface area contributed by atoms with Crippen LogP contribution in [0.5, 0.6) is 0 Å². The van der Waals surface area contributed by atoms with Crippen molar-refractivity contribution in [2.75, 3.05) is 24.9 Å². The Kier molecular flexibility index (Phi) is 10.2. The molecule has 0 heterocycles. The molecule has 1 atom stereocenters. The van der Waals surface area contributed by atoms with E-state index in [0.717, 1.165) is 52.8 Å². The molecule has 2 aromatic rings. The molecule has 1 fully saturated rings. The van der Waals surface area contributed by atoms with Crippen LogP contribution in [0.25, 0.3) is 0 Å². The van der Waals surface area contributed by atoms with Crippen LogP contribution in [0.15, 0.2) is 48.5 Å². The highest BCUT2D eigenvalue weighted by Gasteiger charge is 2.34. The first kappa shape index (κ1) is 29.5. The van der Waals surface area contributed by atoms with Crippen molar-refractivity contribution in [1.29, 1.82) is 0 Å². The van der Waals surface area contributed by atoms with Crippen molar-refractivity contribution in [3.8, 4) is 0 Å². The summed E-state index contributed by atoms with van der Waals surface area (Å²) in [5.41, 5.74) is 0.697. The number of hydrogen-bond acceptors (Lipinski definition) is 4. The first-order chi connectivity index (χ1) is 18.0. The van der Waals surface area contributed by atoms with E-state index in [1.165, 1.54) is 55.4 Å². The minimum atomic E-state index is -4.14. The summed E-state index contributed by atoms with van der Waals surface area (Å²) in [6.45, 7) is 1.15. The minimum Gasteiger partial charge on any atom is -0.352 e. The molecule has 208 valence electrons. The molecule has 3 rings (SSSR count). The maximum absolute atomic E-state index is 13.8. The number of carbonyl (C=O) groups excluding carboxylic acids is 2. The van der Waals surface area contributed by atoms with Crippen LogP contribution in [0.2, 0.25) is 0 Å². The summed E-state index contributed by atoms with van der Waals surface area (Å²) in [4.78, 5) is 28.5. The van der Waals surface area contributed by atoms with E-state index < -0.39 is 40.3 Å². The summed E-state index contributed by atoms with van der Waals surface area (Å²) in [5.74, 6) is -1.91. The molecule has 1 aliphatic carbocycles. The molecular weight excluding hydrogens is 514 g/mol. The maximum Gasteiger partial charge on any atom is 0.304 e. The van der Waals surface area contributed by atoms with Gasteiger partial charge in [-0.1, -0.05) is 38.3 Å². The number of nitrogens with one attached hydrogen (secondary N) is 1. The molecule has 11 heteroatoms. The van der Waals surface area contributed by atoms with Gasteiger partial charge >= 0.3 is 10.2 Å². The Morgan fingerprint density at radius 2 is 1.50 bits per heavy atom. The highest BCUT2D eigenvalue weighted by molar-refractivity contribution is 7.90. The Hall–Kier alpha value is -3.05. The van der Waals surface area contributed by atoms with Gasteiger partial charge in [0.1, 0.15) is 24.2 Å². The zero-order chi connectivity index (χ0) is 27.9. The van der Waals surface area contributed by atoms with Crippen molar-refractivity contribution >= 4 is 27.7 Å². The molecule has 38 heavy (non-hydrogen) atoms. The van der Waals surface area contributed by atoms with Crippen molar-refractivity contribution in [3.05, 3.63) is 65.7 Å². The van der Waals surface area contributed by atoms with Gasteiger partial charge in [0, 0.05) is 26.7 Å². The van der Waals surface area contributed by atoms with Crippen LogP contribution in [-0.2, 0) is 26.3 Å². The third kappa shape index (κ3) is 7.50. The van der Waals surface area contributed by atoms with E-state index in [1.54, 1.807) is 6.92 Å². The second-order valence-electron chi connectivity index (χ2n) is 9.69. The molecular formula is C27H36F2N4O4S. The van der Waals surface area contributed by atoms with Crippen LogP contribution in [0.1, 0.15) is 51.0 Å². The molecule has 0 aliphatic heterocycles. The fourth-order valence-corrected chi connectivity index (χ4v) is 5.63. The Morgan fingerprint density at radius 3 is 2.03 bits per heavy atom. The monoisotopic (exact) mass is 550 g/mol. The molecule has 1 aliphatic rings. The van der Waals surface area contributed by atoms with Crippen molar-refractivity contribution in [2.45, 2.75) is 64.1 Å². The lowest BCUT2D eigenvalue weighted by molar-refractivity contribution is -0.140. The van der Waals surface area contributed by atoms with Gasteiger partial charge in [-0.15, -0.1) is 0 Å². The summed E-state index contributed by atoms with van der Waals surface area (Å²) in [7, 11) is -1.48. The number of carbonyl (C=O) groups is 2. The van der Waals surface area contributed by atoms with Gasteiger partial charge in [-0.05, 0) is 61.2 Å². The summed E-state index contributed by atoms with van der Waals surface area (Å²) in [6.07, 6.45) is 5.20. The van der Waals surface area contributed by atoms with Gasteiger partial charge in [-0.25, -0.2) is 13.1 Å². The van der Waals surface area contributed by atoms with E-state index in [4.69, 9.17) is 0 Å². The van der Waals surface area contributed by atoms with E-state index >= 15 is 0 Å². The van der Waals surface area contributed by atoms with Gasteiger partial charge in [0.2, 0.25) is 11.8 Å². The Bertz CT molecular complexity index is 1180. The van der Waals surface area contributed by atoms with E-state index in [-0.39, 0.29) is 24.2 Å².